The molecule has 1 aliphatic rings. The highest BCUT2D eigenvalue weighted by molar-refractivity contribution is 7.80. The van der Waals surface area contributed by atoms with E-state index in [1.807, 2.05) is 6.92 Å². The lowest BCUT2D eigenvalue weighted by atomic mass is 9.76. The molecule has 16 heavy (non-hydrogen) atoms. The van der Waals surface area contributed by atoms with Crippen molar-refractivity contribution in [1.82, 2.24) is 4.90 Å². The van der Waals surface area contributed by atoms with Crippen LogP contribution < -0.4 is 0 Å². The highest BCUT2D eigenvalue weighted by Gasteiger charge is 2.42. The van der Waals surface area contributed by atoms with Gasteiger partial charge in [-0.05, 0) is 26.2 Å². The Morgan fingerprint density at radius 2 is 2.06 bits per heavy atom. The number of carboxylic acid groups (broad SMARTS) is 1. The largest absolute Gasteiger partial charge is 0.480 e. The first-order valence-electron chi connectivity index (χ1n) is 5.55. The van der Waals surface area contributed by atoms with E-state index in [-0.39, 0.29) is 23.9 Å². The summed E-state index contributed by atoms with van der Waals surface area (Å²) in [6, 6.07) is 0. The van der Waals surface area contributed by atoms with Crippen molar-refractivity contribution >= 4 is 24.5 Å². The van der Waals surface area contributed by atoms with Gasteiger partial charge in [-0.2, -0.15) is 12.6 Å². The van der Waals surface area contributed by atoms with Crippen LogP contribution >= 0.6 is 12.6 Å². The molecule has 0 bridgehead atoms. The second kappa shape index (κ2) is 5.08. The molecule has 5 heteroatoms. The summed E-state index contributed by atoms with van der Waals surface area (Å²) in [5, 5.41) is 8.86. The Balaban J connectivity index is 2.78. The molecule has 1 rings (SSSR count). The minimum Gasteiger partial charge on any atom is -0.480 e. The van der Waals surface area contributed by atoms with E-state index in [4.69, 9.17) is 5.11 Å². The first kappa shape index (κ1) is 13.4. The Bertz CT molecular complexity index is 289. The molecule has 0 radical (unpaired) electrons. The number of aliphatic carboxylic acids is 1. The van der Waals surface area contributed by atoms with Gasteiger partial charge in [-0.3, -0.25) is 9.59 Å². The molecule has 0 aliphatic heterocycles. The van der Waals surface area contributed by atoms with Crippen molar-refractivity contribution < 1.29 is 14.7 Å². The maximum absolute atomic E-state index is 12.1. The third-order valence-electron chi connectivity index (χ3n) is 3.34. The average Bonchev–Trinajstić information content (AvgIpc) is 2.20. The van der Waals surface area contributed by atoms with Crippen molar-refractivity contribution in [2.75, 3.05) is 12.3 Å². The van der Waals surface area contributed by atoms with Gasteiger partial charge in [0.2, 0.25) is 5.91 Å². The maximum atomic E-state index is 12.1. The van der Waals surface area contributed by atoms with Crippen LogP contribution in [0.4, 0.5) is 0 Å². The number of carbonyl (C=O) groups excluding carboxylic acids is 1. The van der Waals surface area contributed by atoms with Gasteiger partial charge in [0.1, 0.15) is 6.54 Å². The van der Waals surface area contributed by atoms with Crippen LogP contribution in [0.5, 0.6) is 0 Å². The van der Waals surface area contributed by atoms with Gasteiger partial charge in [-0.1, -0.05) is 6.92 Å². The molecule has 0 heterocycles. The maximum Gasteiger partial charge on any atom is 0.323 e. The van der Waals surface area contributed by atoms with E-state index in [1.165, 1.54) is 4.90 Å². The van der Waals surface area contributed by atoms with E-state index < -0.39 is 5.97 Å². The zero-order chi connectivity index (χ0) is 12.3. The average molecular weight is 245 g/mol. The zero-order valence-corrected chi connectivity index (χ0v) is 10.7. The lowest BCUT2D eigenvalue weighted by Gasteiger charge is -2.48. The van der Waals surface area contributed by atoms with Gasteiger partial charge in [0.25, 0.3) is 0 Å². The van der Waals surface area contributed by atoms with Crippen molar-refractivity contribution in [3.8, 4) is 0 Å². The van der Waals surface area contributed by atoms with Crippen LogP contribution in [-0.4, -0.2) is 39.7 Å². The predicted molar refractivity (Wildman–Crippen MR) is 64.6 cm³/mol. The van der Waals surface area contributed by atoms with Crippen molar-refractivity contribution in [3.05, 3.63) is 0 Å². The second-order valence-corrected chi connectivity index (χ2v) is 5.12. The zero-order valence-electron chi connectivity index (χ0n) is 9.77. The molecule has 0 saturated heterocycles. The van der Waals surface area contributed by atoms with Crippen LogP contribution in [0, 0.1) is 5.92 Å². The van der Waals surface area contributed by atoms with Crippen LogP contribution in [0.25, 0.3) is 0 Å². The molecule has 0 spiro atoms. The van der Waals surface area contributed by atoms with Crippen molar-refractivity contribution in [1.29, 1.82) is 0 Å². The van der Waals surface area contributed by atoms with Crippen molar-refractivity contribution in [2.24, 2.45) is 5.92 Å². The van der Waals surface area contributed by atoms with Gasteiger partial charge >= 0.3 is 5.97 Å². The molecule has 0 aromatic carbocycles. The molecule has 4 nitrogen and oxygen atoms in total. The van der Waals surface area contributed by atoms with Gasteiger partial charge in [0, 0.05) is 17.2 Å². The van der Waals surface area contributed by atoms with E-state index >= 15 is 0 Å². The quantitative estimate of drug-likeness (QED) is 0.720. The van der Waals surface area contributed by atoms with Gasteiger partial charge in [-0.25, -0.2) is 0 Å². The van der Waals surface area contributed by atoms with Crippen molar-refractivity contribution in [2.45, 2.75) is 38.6 Å². The number of hydrogen-bond acceptors (Lipinski definition) is 3. The summed E-state index contributed by atoms with van der Waals surface area (Å²) in [4.78, 5) is 24.4. The summed E-state index contributed by atoms with van der Waals surface area (Å²) in [5.41, 5.74) is -0.257. The van der Waals surface area contributed by atoms with E-state index in [1.54, 1.807) is 6.92 Å². The van der Waals surface area contributed by atoms with Crippen LogP contribution in [0.1, 0.15) is 33.1 Å². The monoisotopic (exact) mass is 245 g/mol. The highest BCUT2D eigenvalue weighted by atomic mass is 32.1. The van der Waals surface area contributed by atoms with Crippen LogP contribution in [0.2, 0.25) is 0 Å². The van der Waals surface area contributed by atoms with Crippen molar-refractivity contribution in [3.63, 3.8) is 0 Å². The number of carbonyl (C=O) groups is 2. The minimum absolute atomic E-state index is 0.0976. The van der Waals surface area contributed by atoms with Crippen LogP contribution in [0.3, 0.4) is 0 Å². The molecule has 1 N–H and O–H groups in total. The number of hydrogen-bond donors (Lipinski definition) is 2. The Kier molecular flexibility index (Phi) is 4.24. The third-order valence-corrected chi connectivity index (χ3v) is 3.88. The van der Waals surface area contributed by atoms with E-state index in [0.29, 0.717) is 5.75 Å². The molecule has 0 aromatic heterocycles. The molecule has 0 aromatic rings. The van der Waals surface area contributed by atoms with Gasteiger partial charge in [0.05, 0.1) is 0 Å². The van der Waals surface area contributed by atoms with E-state index in [0.717, 1.165) is 19.3 Å². The highest BCUT2D eigenvalue weighted by Crippen LogP contribution is 2.37. The normalized spacial score (nSPS) is 19.7. The Labute approximate surface area is 101 Å². The Morgan fingerprint density at radius 3 is 2.38 bits per heavy atom. The lowest BCUT2D eigenvalue weighted by Crippen LogP contribution is -2.57. The molecular formula is C11H19NO3S. The lowest BCUT2D eigenvalue weighted by molar-refractivity contribution is -0.153. The standard InChI is InChI=1S/C11H19NO3S/c1-8(7-16)10(15)12(6-9(13)14)11(2)4-3-5-11/h8,16H,3-7H2,1-2H3,(H,13,14). The molecule has 92 valence electrons. The number of carboxylic acids is 1. The number of amides is 1. The van der Waals surface area contributed by atoms with Crippen LogP contribution in [-0.2, 0) is 9.59 Å². The summed E-state index contributed by atoms with van der Waals surface area (Å²) in [5.74, 6) is -0.821. The number of thiol groups is 1. The summed E-state index contributed by atoms with van der Waals surface area (Å²) in [6.45, 7) is 3.54. The Morgan fingerprint density at radius 1 is 1.50 bits per heavy atom. The van der Waals surface area contributed by atoms with Crippen LogP contribution in [0.15, 0.2) is 0 Å². The molecule has 1 unspecified atom stereocenters. The summed E-state index contributed by atoms with van der Waals surface area (Å²) in [6.07, 6.45) is 2.85. The smallest absolute Gasteiger partial charge is 0.323 e. The third kappa shape index (κ3) is 2.70. The molecule has 1 amide bonds. The first-order valence-corrected chi connectivity index (χ1v) is 6.18. The number of rotatable bonds is 5. The van der Waals surface area contributed by atoms with Gasteiger partial charge < -0.3 is 10.0 Å². The van der Waals surface area contributed by atoms with E-state index in [9.17, 15) is 9.59 Å². The molecular weight excluding hydrogens is 226 g/mol. The fourth-order valence-corrected chi connectivity index (χ4v) is 2.13. The minimum atomic E-state index is -0.951. The van der Waals surface area contributed by atoms with Gasteiger partial charge in [0.15, 0.2) is 0 Å². The SMILES string of the molecule is CC(CS)C(=O)N(CC(=O)O)C1(C)CCC1. The second-order valence-electron chi connectivity index (χ2n) is 4.75. The van der Waals surface area contributed by atoms with E-state index in [2.05, 4.69) is 12.6 Å². The first-order chi connectivity index (χ1) is 7.40. The number of nitrogens with zero attached hydrogens (tertiary/aromatic N) is 1. The molecule has 1 fully saturated rings. The predicted octanol–water partition coefficient (Wildman–Crippen LogP) is 1.41. The Hall–Kier alpha value is -0.710. The summed E-state index contributed by atoms with van der Waals surface area (Å²) in [7, 11) is 0. The van der Waals surface area contributed by atoms with Gasteiger partial charge in [-0.15, -0.1) is 0 Å². The molecule has 1 aliphatic carbocycles. The fourth-order valence-electron chi connectivity index (χ4n) is 1.97. The topological polar surface area (TPSA) is 57.6 Å². The molecule has 1 saturated carbocycles. The molecule has 1 atom stereocenters. The fraction of sp³-hybridized carbons (Fsp3) is 0.818. The summed E-state index contributed by atoms with van der Waals surface area (Å²) >= 11 is 4.09. The summed E-state index contributed by atoms with van der Waals surface area (Å²) < 4.78 is 0.